The summed E-state index contributed by atoms with van der Waals surface area (Å²) in [5.41, 5.74) is -1.24. The quantitative estimate of drug-likeness (QED) is 0.703. The van der Waals surface area contributed by atoms with E-state index in [4.69, 9.17) is 5.11 Å². The molecule has 1 aliphatic carbocycles. The van der Waals surface area contributed by atoms with Crippen LogP contribution in [0.4, 0.5) is 4.79 Å². The lowest BCUT2D eigenvalue weighted by molar-refractivity contribution is -0.142. The molecule has 1 saturated carbocycles. The molecule has 0 bridgehead atoms. The summed E-state index contributed by atoms with van der Waals surface area (Å²) < 4.78 is 0. The Morgan fingerprint density at radius 3 is 2.24 bits per heavy atom. The van der Waals surface area contributed by atoms with Gasteiger partial charge >= 0.3 is 12.0 Å². The van der Waals surface area contributed by atoms with Crippen molar-refractivity contribution < 1.29 is 14.7 Å². The Labute approximate surface area is 102 Å². The van der Waals surface area contributed by atoms with Gasteiger partial charge in [0, 0.05) is 6.04 Å². The highest BCUT2D eigenvalue weighted by atomic mass is 16.4. The number of urea groups is 1. The molecule has 3 N–H and O–H groups in total. The van der Waals surface area contributed by atoms with Gasteiger partial charge in [0.15, 0.2) is 0 Å². The molecule has 0 spiro atoms. The Bertz CT molecular complexity index is 315. The first kappa shape index (κ1) is 13.8. The van der Waals surface area contributed by atoms with Gasteiger partial charge in [-0.05, 0) is 38.5 Å². The third-order valence-electron chi connectivity index (χ3n) is 3.74. The lowest BCUT2D eigenvalue weighted by atomic mass is 9.98. The Balaban J connectivity index is 2.48. The predicted octanol–water partition coefficient (Wildman–Crippen LogP) is 1.58. The highest BCUT2D eigenvalue weighted by Crippen LogP contribution is 2.30. The molecule has 1 fully saturated rings. The van der Waals surface area contributed by atoms with Gasteiger partial charge in [0.2, 0.25) is 0 Å². The molecule has 1 aliphatic rings. The van der Waals surface area contributed by atoms with Gasteiger partial charge in [-0.15, -0.1) is 0 Å². The minimum atomic E-state index is -1.24. The van der Waals surface area contributed by atoms with E-state index < -0.39 is 17.5 Å². The Morgan fingerprint density at radius 1 is 1.24 bits per heavy atom. The zero-order valence-corrected chi connectivity index (χ0v) is 10.9. The van der Waals surface area contributed by atoms with Crippen molar-refractivity contribution in [1.82, 2.24) is 10.6 Å². The number of amides is 2. The van der Waals surface area contributed by atoms with Gasteiger partial charge in [0.25, 0.3) is 0 Å². The highest BCUT2D eigenvalue weighted by Gasteiger charge is 2.33. The average molecular weight is 242 g/mol. The Hall–Kier alpha value is -1.26. The molecule has 5 heteroatoms. The molecule has 0 aromatic carbocycles. The van der Waals surface area contributed by atoms with E-state index in [2.05, 4.69) is 24.5 Å². The fraction of sp³-hybridized carbons (Fsp3) is 0.833. The molecule has 0 saturated heterocycles. The second-order valence-corrected chi connectivity index (χ2v) is 5.55. The molecule has 0 aromatic heterocycles. The van der Waals surface area contributed by atoms with E-state index in [0.29, 0.717) is 11.8 Å². The lowest BCUT2D eigenvalue weighted by Gasteiger charge is -2.25. The van der Waals surface area contributed by atoms with Crippen molar-refractivity contribution in [3.8, 4) is 0 Å². The Kier molecular flexibility index (Phi) is 4.01. The fourth-order valence-corrected chi connectivity index (χ4v) is 2.11. The molecule has 1 rings (SSSR count). The zero-order valence-electron chi connectivity index (χ0n) is 10.9. The maximum Gasteiger partial charge on any atom is 0.328 e. The first-order chi connectivity index (χ1) is 7.74. The first-order valence-electron chi connectivity index (χ1n) is 6.06. The van der Waals surface area contributed by atoms with Crippen LogP contribution in [0.25, 0.3) is 0 Å². The van der Waals surface area contributed by atoms with E-state index >= 15 is 0 Å². The molecule has 2 amide bonds. The van der Waals surface area contributed by atoms with Crippen molar-refractivity contribution in [2.45, 2.75) is 52.1 Å². The smallest absolute Gasteiger partial charge is 0.328 e. The highest BCUT2D eigenvalue weighted by molar-refractivity contribution is 5.85. The van der Waals surface area contributed by atoms with Crippen LogP contribution in [0.5, 0.6) is 0 Å². The molecule has 17 heavy (non-hydrogen) atoms. The summed E-state index contributed by atoms with van der Waals surface area (Å²) in [7, 11) is 0. The van der Waals surface area contributed by atoms with Gasteiger partial charge < -0.3 is 15.7 Å². The van der Waals surface area contributed by atoms with E-state index in [9.17, 15) is 9.59 Å². The standard InChI is InChI=1S/C12H22N2O3/c1-7-5-6-9(8(7)2)13-11(17)14-12(3,4)10(15)16/h7-9H,5-6H2,1-4H3,(H,15,16)(H2,13,14,17). The Morgan fingerprint density at radius 2 is 1.82 bits per heavy atom. The molecule has 0 heterocycles. The minimum absolute atomic E-state index is 0.148. The largest absolute Gasteiger partial charge is 0.480 e. The SMILES string of the molecule is CC1CCC(NC(=O)NC(C)(C)C(=O)O)C1C. The van der Waals surface area contributed by atoms with E-state index in [1.807, 2.05) is 0 Å². The lowest BCUT2D eigenvalue weighted by Crippen LogP contribution is -2.55. The van der Waals surface area contributed by atoms with Crippen LogP contribution in [0, 0.1) is 11.8 Å². The van der Waals surface area contributed by atoms with Crippen LogP contribution in [0.15, 0.2) is 0 Å². The van der Waals surface area contributed by atoms with Gasteiger partial charge in [0.05, 0.1) is 0 Å². The number of carbonyl (C=O) groups is 2. The molecule has 5 nitrogen and oxygen atoms in total. The minimum Gasteiger partial charge on any atom is -0.480 e. The van der Waals surface area contributed by atoms with Crippen molar-refractivity contribution in [2.75, 3.05) is 0 Å². The maximum absolute atomic E-state index is 11.7. The summed E-state index contributed by atoms with van der Waals surface area (Å²) in [6.07, 6.45) is 2.07. The average Bonchev–Trinajstić information content (AvgIpc) is 2.48. The van der Waals surface area contributed by atoms with Crippen molar-refractivity contribution >= 4 is 12.0 Å². The monoisotopic (exact) mass is 242 g/mol. The second-order valence-electron chi connectivity index (χ2n) is 5.55. The molecule has 3 unspecified atom stereocenters. The van der Waals surface area contributed by atoms with Gasteiger partial charge in [0.1, 0.15) is 5.54 Å². The van der Waals surface area contributed by atoms with Gasteiger partial charge in [-0.3, -0.25) is 0 Å². The van der Waals surface area contributed by atoms with Crippen LogP contribution >= 0.6 is 0 Å². The number of carbonyl (C=O) groups excluding carboxylic acids is 1. The van der Waals surface area contributed by atoms with E-state index in [1.54, 1.807) is 0 Å². The number of hydrogen-bond donors (Lipinski definition) is 3. The van der Waals surface area contributed by atoms with Crippen LogP contribution in [0.1, 0.15) is 40.5 Å². The fourth-order valence-electron chi connectivity index (χ4n) is 2.11. The number of carboxylic acids is 1. The molecule has 3 atom stereocenters. The number of aliphatic carboxylic acids is 1. The third-order valence-corrected chi connectivity index (χ3v) is 3.74. The summed E-state index contributed by atoms with van der Waals surface area (Å²) >= 11 is 0. The topological polar surface area (TPSA) is 78.4 Å². The van der Waals surface area contributed by atoms with Crippen LogP contribution in [-0.4, -0.2) is 28.7 Å². The summed E-state index contributed by atoms with van der Waals surface area (Å²) in [6.45, 7) is 7.22. The number of nitrogens with one attached hydrogen (secondary N) is 2. The maximum atomic E-state index is 11.7. The van der Waals surface area contributed by atoms with Gasteiger partial charge in [-0.25, -0.2) is 9.59 Å². The summed E-state index contributed by atoms with van der Waals surface area (Å²) in [6, 6.07) is -0.252. The molecule has 0 aliphatic heterocycles. The number of carboxylic acid groups (broad SMARTS) is 1. The zero-order chi connectivity index (χ0) is 13.2. The number of hydrogen-bond acceptors (Lipinski definition) is 2. The molecular weight excluding hydrogens is 220 g/mol. The van der Waals surface area contributed by atoms with E-state index in [1.165, 1.54) is 13.8 Å². The normalized spacial score (nSPS) is 28.8. The molecule has 0 radical (unpaired) electrons. The van der Waals surface area contributed by atoms with Crippen LogP contribution < -0.4 is 10.6 Å². The van der Waals surface area contributed by atoms with Gasteiger partial charge in [-0.1, -0.05) is 13.8 Å². The molecule has 98 valence electrons. The second kappa shape index (κ2) is 4.94. The van der Waals surface area contributed by atoms with Crippen molar-refractivity contribution in [3.05, 3.63) is 0 Å². The predicted molar refractivity (Wildman–Crippen MR) is 64.7 cm³/mol. The van der Waals surface area contributed by atoms with Crippen molar-refractivity contribution in [3.63, 3.8) is 0 Å². The van der Waals surface area contributed by atoms with Crippen LogP contribution in [0.3, 0.4) is 0 Å². The third kappa shape index (κ3) is 3.35. The molecular formula is C12H22N2O3. The van der Waals surface area contributed by atoms with Gasteiger partial charge in [-0.2, -0.15) is 0 Å². The van der Waals surface area contributed by atoms with Crippen LogP contribution in [-0.2, 0) is 4.79 Å². The van der Waals surface area contributed by atoms with Crippen molar-refractivity contribution in [2.24, 2.45) is 11.8 Å². The van der Waals surface area contributed by atoms with E-state index in [-0.39, 0.29) is 6.04 Å². The van der Waals surface area contributed by atoms with Crippen LogP contribution in [0.2, 0.25) is 0 Å². The van der Waals surface area contributed by atoms with E-state index in [0.717, 1.165) is 12.8 Å². The summed E-state index contributed by atoms with van der Waals surface area (Å²) in [5, 5.41) is 14.2. The summed E-state index contributed by atoms with van der Waals surface area (Å²) in [4.78, 5) is 22.6. The first-order valence-corrected chi connectivity index (χ1v) is 6.06. The number of rotatable bonds is 3. The molecule has 0 aromatic rings. The summed E-state index contributed by atoms with van der Waals surface area (Å²) in [5.74, 6) is 0.00182. The van der Waals surface area contributed by atoms with Crippen molar-refractivity contribution in [1.29, 1.82) is 0 Å².